The van der Waals surface area contributed by atoms with Gasteiger partial charge in [0.2, 0.25) is 0 Å². The maximum absolute atomic E-state index is 6.96. The fourth-order valence-corrected chi connectivity index (χ4v) is 11.7. The molecule has 0 saturated carbocycles. The summed E-state index contributed by atoms with van der Waals surface area (Å²) in [5.74, 6) is 0. The van der Waals surface area contributed by atoms with Crippen molar-refractivity contribution in [2.45, 2.75) is 13.1 Å². The fraction of sp³-hybridized carbons (Fsp3) is 0.143. The molecule has 0 bridgehead atoms. The molecular formula is C14H16Cl2Si2. The van der Waals surface area contributed by atoms with Crippen molar-refractivity contribution in [3.63, 3.8) is 0 Å². The molecule has 0 nitrogen and oxygen atoms in total. The standard InChI is InChI=1S/C14H16Cl2Si2/c1-17(15,13-9-5-3-6-10-13)18(2,16)14-11-7-4-8-12-14/h3-12H,1-2H3/t17-,18+. The van der Waals surface area contributed by atoms with Gasteiger partial charge >= 0.3 is 0 Å². The Kier molecular flexibility index (Phi) is 4.02. The summed E-state index contributed by atoms with van der Waals surface area (Å²) in [5.41, 5.74) is 0. The van der Waals surface area contributed by atoms with Crippen LogP contribution in [0, 0.1) is 0 Å². The topological polar surface area (TPSA) is 0 Å². The zero-order chi connectivity index (χ0) is 13.2. The first-order valence-electron chi connectivity index (χ1n) is 5.95. The molecule has 2 aromatic carbocycles. The predicted octanol–water partition coefficient (Wildman–Crippen LogP) is 3.51. The molecule has 2 aromatic rings. The van der Waals surface area contributed by atoms with Gasteiger partial charge in [-0.1, -0.05) is 73.8 Å². The maximum Gasteiger partial charge on any atom is 0.196 e. The molecule has 0 saturated heterocycles. The molecule has 0 amide bonds. The van der Waals surface area contributed by atoms with Crippen molar-refractivity contribution in [1.29, 1.82) is 0 Å². The summed E-state index contributed by atoms with van der Waals surface area (Å²) in [6.07, 6.45) is 0. The summed E-state index contributed by atoms with van der Waals surface area (Å²) < 4.78 is 0. The lowest BCUT2D eigenvalue weighted by molar-refractivity contribution is 1.74. The smallest absolute Gasteiger partial charge is 0.163 e. The highest BCUT2D eigenvalue weighted by Gasteiger charge is 2.49. The molecule has 0 N–H and O–H groups in total. The molecule has 0 radical (unpaired) electrons. The summed E-state index contributed by atoms with van der Waals surface area (Å²) in [5, 5.41) is 2.44. The highest BCUT2D eigenvalue weighted by molar-refractivity contribution is 7.77. The zero-order valence-corrected chi connectivity index (χ0v) is 14.0. The molecular weight excluding hydrogens is 295 g/mol. The lowest BCUT2D eigenvalue weighted by atomic mass is 10.4. The Morgan fingerprint density at radius 1 is 0.611 bits per heavy atom. The number of hydrogen-bond donors (Lipinski definition) is 0. The molecule has 0 heterocycles. The van der Waals surface area contributed by atoms with Gasteiger partial charge < -0.3 is 0 Å². The second-order valence-electron chi connectivity index (χ2n) is 4.74. The second-order valence-corrected chi connectivity index (χ2v) is 22.3. The Labute approximate surface area is 120 Å². The first kappa shape index (κ1) is 13.9. The van der Waals surface area contributed by atoms with Gasteiger partial charge in [-0.05, 0) is 10.4 Å². The van der Waals surface area contributed by atoms with Gasteiger partial charge in [-0.3, -0.25) is 0 Å². The first-order valence-corrected chi connectivity index (χ1v) is 14.0. The van der Waals surface area contributed by atoms with E-state index in [4.69, 9.17) is 22.2 Å². The van der Waals surface area contributed by atoms with Crippen LogP contribution in [0.4, 0.5) is 0 Å². The molecule has 0 aromatic heterocycles. The van der Waals surface area contributed by atoms with Gasteiger partial charge in [0.25, 0.3) is 0 Å². The van der Waals surface area contributed by atoms with Crippen molar-refractivity contribution in [2.24, 2.45) is 0 Å². The lowest BCUT2D eigenvalue weighted by Gasteiger charge is -2.33. The van der Waals surface area contributed by atoms with Crippen molar-refractivity contribution < 1.29 is 0 Å². The normalized spacial score (nSPS) is 17.8. The van der Waals surface area contributed by atoms with E-state index in [0.29, 0.717) is 0 Å². The third-order valence-corrected chi connectivity index (χ3v) is 24.1. The molecule has 0 spiro atoms. The molecule has 18 heavy (non-hydrogen) atoms. The Bertz CT molecular complexity index is 460. The van der Waals surface area contributed by atoms with Crippen molar-refractivity contribution in [2.75, 3.05) is 0 Å². The van der Waals surface area contributed by atoms with E-state index in [9.17, 15) is 0 Å². The fourth-order valence-electron chi connectivity index (χ4n) is 2.04. The number of rotatable bonds is 3. The molecule has 0 aliphatic carbocycles. The van der Waals surface area contributed by atoms with E-state index >= 15 is 0 Å². The first-order chi connectivity index (χ1) is 8.46. The van der Waals surface area contributed by atoms with Crippen LogP contribution in [0.2, 0.25) is 13.1 Å². The van der Waals surface area contributed by atoms with Gasteiger partial charge in [0.05, 0.1) is 0 Å². The quantitative estimate of drug-likeness (QED) is 0.601. The van der Waals surface area contributed by atoms with E-state index in [1.54, 1.807) is 0 Å². The largest absolute Gasteiger partial charge is 0.196 e. The van der Waals surface area contributed by atoms with Crippen LogP contribution < -0.4 is 10.4 Å². The Morgan fingerprint density at radius 2 is 0.889 bits per heavy atom. The molecule has 0 aliphatic heterocycles. The van der Waals surface area contributed by atoms with E-state index < -0.39 is 13.8 Å². The van der Waals surface area contributed by atoms with E-state index in [1.807, 2.05) is 36.4 Å². The molecule has 0 unspecified atom stereocenters. The minimum Gasteiger partial charge on any atom is -0.163 e. The molecule has 0 aliphatic rings. The van der Waals surface area contributed by atoms with Crippen LogP contribution in [0.3, 0.4) is 0 Å². The summed E-state index contributed by atoms with van der Waals surface area (Å²) in [7, 11) is 0. The van der Waals surface area contributed by atoms with E-state index in [0.717, 1.165) is 0 Å². The summed E-state index contributed by atoms with van der Waals surface area (Å²) >= 11 is 13.9. The van der Waals surface area contributed by atoms with Gasteiger partial charge in [0.15, 0.2) is 13.8 Å². The van der Waals surface area contributed by atoms with Crippen molar-refractivity contribution >= 4 is 46.3 Å². The van der Waals surface area contributed by atoms with Crippen molar-refractivity contribution in [3.05, 3.63) is 60.7 Å². The number of halogens is 2. The third-order valence-electron chi connectivity index (χ3n) is 3.51. The van der Waals surface area contributed by atoms with E-state index in [-0.39, 0.29) is 0 Å². The van der Waals surface area contributed by atoms with Crippen molar-refractivity contribution in [1.82, 2.24) is 0 Å². The molecule has 2 rings (SSSR count). The monoisotopic (exact) mass is 310 g/mol. The van der Waals surface area contributed by atoms with Crippen LogP contribution in [-0.4, -0.2) is 13.8 Å². The molecule has 4 heteroatoms. The summed E-state index contributed by atoms with van der Waals surface area (Å²) in [6, 6.07) is 20.6. The zero-order valence-electron chi connectivity index (χ0n) is 10.5. The van der Waals surface area contributed by atoms with Gasteiger partial charge in [-0.15, -0.1) is 0 Å². The predicted molar refractivity (Wildman–Crippen MR) is 87.1 cm³/mol. The van der Waals surface area contributed by atoms with Gasteiger partial charge in [0, 0.05) is 0 Å². The van der Waals surface area contributed by atoms with E-state index in [2.05, 4.69) is 37.4 Å². The molecule has 2 atom stereocenters. The Balaban J connectivity index is 2.47. The maximum atomic E-state index is 6.96. The molecule has 94 valence electrons. The van der Waals surface area contributed by atoms with Crippen LogP contribution in [0.1, 0.15) is 0 Å². The third kappa shape index (κ3) is 2.43. The minimum atomic E-state index is -2.17. The lowest BCUT2D eigenvalue weighted by Crippen LogP contribution is -2.66. The minimum absolute atomic E-state index is 1.22. The van der Waals surface area contributed by atoms with Crippen LogP contribution in [0.15, 0.2) is 60.7 Å². The summed E-state index contributed by atoms with van der Waals surface area (Å²) in [6.45, 7) is -0.0170. The summed E-state index contributed by atoms with van der Waals surface area (Å²) in [4.78, 5) is 0. The number of hydrogen-bond acceptors (Lipinski definition) is 0. The van der Waals surface area contributed by atoms with Gasteiger partial charge in [-0.2, -0.15) is 22.2 Å². The average molecular weight is 311 g/mol. The van der Waals surface area contributed by atoms with Crippen LogP contribution in [0.5, 0.6) is 0 Å². The Hall–Kier alpha value is -0.546. The SMILES string of the molecule is C[Si@](Cl)(c1ccccc1)[Si@](C)(Cl)c1ccccc1. The van der Waals surface area contributed by atoms with Gasteiger partial charge in [0.1, 0.15) is 0 Å². The molecule has 0 fully saturated rings. The highest BCUT2D eigenvalue weighted by atomic mass is 35.6. The highest BCUT2D eigenvalue weighted by Crippen LogP contribution is 2.26. The average Bonchev–Trinajstić information content (AvgIpc) is 2.40. The van der Waals surface area contributed by atoms with E-state index in [1.165, 1.54) is 10.4 Å². The van der Waals surface area contributed by atoms with Crippen LogP contribution in [-0.2, 0) is 0 Å². The number of benzene rings is 2. The van der Waals surface area contributed by atoms with Gasteiger partial charge in [-0.25, -0.2) is 0 Å². The second kappa shape index (κ2) is 5.21. The Morgan fingerprint density at radius 3 is 1.17 bits per heavy atom. The van der Waals surface area contributed by atoms with Crippen molar-refractivity contribution in [3.8, 4) is 0 Å². The van der Waals surface area contributed by atoms with Crippen LogP contribution in [0.25, 0.3) is 0 Å². The van der Waals surface area contributed by atoms with Crippen LogP contribution >= 0.6 is 22.2 Å².